The highest BCUT2D eigenvalue weighted by Crippen LogP contribution is 2.20. The van der Waals surface area contributed by atoms with Crippen molar-refractivity contribution in [2.45, 2.75) is 32.7 Å². The molecule has 0 aliphatic carbocycles. The molecule has 0 aromatic heterocycles. The highest BCUT2D eigenvalue weighted by atomic mass is 16.5. The number of ether oxygens (including phenoxy) is 2. The van der Waals surface area contributed by atoms with Crippen molar-refractivity contribution in [2.75, 3.05) is 13.7 Å². The quantitative estimate of drug-likeness (QED) is 0.834. The molecule has 4 nitrogen and oxygen atoms in total. The molecule has 1 unspecified atom stereocenters. The first-order chi connectivity index (χ1) is 11.5. The van der Waals surface area contributed by atoms with Crippen molar-refractivity contribution in [3.05, 3.63) is 59.7 Å². The van der Waals surface area contributed by atoms with E-state index < -0.39 is 0 Å². The molecule has 2 aromatic rings. The fourth-order valence-corrected chi connectivity index (χ4v) is 2.38. The van der Waals surface area contributed by atoms with Crippen molar-refractivity contribution in [3.8, 4) is 11.5 Å². The van der Waals surface area contributed by atoms with Gasteiger partial charge in [-0.2, -0.15) is 0 Å². The molecule has 1 N–H and O–H groups in total. The van der Waals surface area contributed by atoms with Gasteiger partial charge in [-0.1, -0.05) is 44.2 Å². The summed E-state index contributed by atoms with van der Waals surface area (Å²) in [5, 5.41) is 2.95. The number of methoxy groups -OCH3 is 1. The largest absolute Gasteiger partial charge is 0.497 e. The van der Waals surface area contributed by atoms with Gasteiger partial charge in [0, 0.05) is 6.07 Å². The summed E-state index contributed by atoms with van der Waals surface area (Å²) in [5.74, 6) is 1.66. The highest BCUT2D eigenvalue weighted by molar-refractivity contribution is 5.78. The number of hydrogen-bond donors (Lipinski definition) is 1. The smallest absolute Gasteiger partial charge is 0.258 e. The summed E-state index contributed by atoms with van der Waals surface area (Å²) in [4.78, 5) is 12.1. The van der Waals surface area contributed by atoms with E-state index in [9.17, 15) is 4.79 Å². The lowest BCUT2D eigenvalue weighted by atomic mass is 9.99. The average molecular weight is 327 g/mol. The Balaban J connectivity index is 1.86. The monoisotopic (exact) mass is 327 g/mol. The van der Waals surface area contributed by atoms with Gasteiger partial charge in [0.2, 0.25) is 0 Å². The Labute approximate surface area is 143 Å². The van der Waals surface area contributed by atoms with Crippen LogP contribution in [0.3, 0.4) is 0 Å². The van der Waals surface area contributed by atoms with Crippen LogP contribution in [0.15, 0.2) is 48.5 Å². The Morgan fingerprint density at radius 2 is 1.62 bits per heavy atom. The van der Waals surface area contributed by atoms with Crippen LogP contribution >= 0.6 is 0 Å². The predicted octanol–water partition coefficient (Wildman–Crippen LogP) is 4.07. The molecule has 0 aliphatic heterocycles. The fraction of sp³-hybridized carbons (Fsp3) is 0.350. The predicted molar refractivity (Wildman–Crippen MR) is 95.6 cm³/mol. The molecule has 1 atom stereocenters. The second-order valence-corrected chi connectivity index (χ2v) is 6.08. The third-order valence-corrected chi connectivity index (χ3v) is 3.89. The molecule has 0 saturated carbocycles. The van der Waals surface area contributed by atoms with Crippen molar-refractivity contribution in [1.82, 2.24) is 5.32 Å². The van der Waals surface area contributed by atoms with Gasteiger partial charge in [-0.25, -0.2) is 0 Å². The molecule has 0 bridgehead atoms. The van der Waals surface area contributed by atoms with Crippen LogP contribution in [0.4, 0.5) is 0 Å². The van der Waals surface area contributed by atoms with Gasteiger partial charge in [0.05, 0.1) is 13.2 Å². The first kappa shape index (κ1) is 17.9. The molecule has 2 aromatic carbocycles. The summed E-state index contributed by atoms with van der Waals surface area (Å²) in [6.45, 7) is 6.27. The summed E-state index contributed by atoms with van der Waals surface area (Å²) in [6, 6.07) is 15.5. The molecule has 4 heteroatoms. The van der Waals surface area contributed by atoms with Crippen molar-refractivity contribution in [2.24, 2.45) is 0 Å². The molecule has 0 heterocycles. The number of rotatable bonds is 7. The Bertz CT molecular complexity index is 665. The Morgan fingerprint density at radius 1 is 1.00 bits per heavy atom. The molecular formula is C20H25NO3. The summed E-state index contributed by atoms with van der Waals surface area (Å²) in [6.07, 6.45) is 0. The van der Waals surface area contributed by atoms with Crippen LogP contribution in [0.2, 0.25) is 0 Å². The second kappa shape index (κ2) is 8.39. The SMILES string of the molecule is COc1cccc(OCC(=O)NC(C)c2ccc(C(C)C)cc2)c1. The van der Waals surface area contributed by atoms with Gasteiger partial charge in [-0.15, -0.1) is 0 Å². The van der Waals surface area contributed by atoms with Crippen LogP contribution in [-0.4, -0.2) is 19.6 Å². The zero-order valence-electron chi connectivity index (χ0n) is 14.7. The number of amides is 1. The maximum atomic E-state index is 12.1. The molecule has 24 heavy (non-hydrogen) atoms. The van der Waals surface area contributed by atoms with Crippen molar-refractivity contribution in [1.29, 1.82) is 0 Å². The number of hydrogen-bond acceptors (Lipinski definition) is 3. The third kappa shape index (κ3) is 5.01. The summed E-state index contributed by atoms with van der Waals surface area (Å²) >= 11 is 0. The van der Waals surface area contributed by atoms with Crippen LogP contribution in [0.5, 0.6) is 11.5 Å². The van der Waals surface area contributed by atoms with E-state index in [1.54, 1.807) is 19.2 Å². The molecule has 0 spiro atoms. The van der Waals surface area contributed by atoms with E-state index in [0.717, 1.165) is 5.56 Å². The van der Waals surface area contributed by atoms with E-state index in [0.29, 0.717) is 17.4 Å². The maximum absolute atomic E-state index is 12.1. The summed E-state index contributed by atoms with van der Waals surface area (Å²) in [7, 11) is 1.60. The first-order valence-corrected chi connectivity index (χ1v) is 8.15. The van der Waals surface area contributed by atoms with Crippen LogP contribution in [0, 0.1) is 0 Å². The van der Waals surface area contributed by atoms with E-state index in [4.69, 9.17) is 9.47 Å². The van der Waals surface area contributed by atoms with E-state index in [1.807, 2.05) is 19.1 Å². The number of benzene rings is 2. The van der Waals surface area contributed by atoms with Crippen LogP contribution in [0.25, 0.3) is 0 Å². The van der Waals surface area contributed by atoms with Gasteiger partial charge in [0.1, 0.15) is 11.5 Å². The van der Waals surface area contributed by atoms with E-state index in [-0.39, 0.29) is 18.6 Å². The van der Waals surface area contributed by atoms with Gasteiger partial charge < -0.3 is 14.8 Å². The molecule has 0 saturated heterocycles. The van der Waals surface area contributed by atoms with Gasteiger partial charge in [-0.05, 0) is 36.1 Å². The molecule has 0 fully saturated rings. The normalized spacial score (nSPS) is 11.9. The molecular weight excluding hydrogens is 302 g/mol. The Hall–Kier alpha value is -2.49. The van der Waals surface area contributed by atoms with Crippen molar-refractivity contribution in [3.63, 3.8) is 0 Å². The Kier molecular flexibility index (Phi) is 6.24. The van der Waals surface area contributed by atoms with Crippen LogP contribution in [0.1, 0.15) is 43.9 Å². The number of nitrogens with one attached hydrogen (secondary N) is 1. The fourth-order valence-electron chi connectivity index (χ4n) is 2.38. The minimum atomic E-state index is -0.154. The molecule has 0 radical (unpaired) electrons. The lowest BCUT2D eigenvalue weighted by molar-refractivity contribution is -0.123. The van der Waals surface area contributed by atoms with Crippen molar-refractivity contribution >= 4 is 5.91 Å². The molecule has 2 rings (SSSR count). The van der Waals surface area contributed by atoms with Gasteiger partial charge in [-0.3, -0.25) is 4.79 Å². The number of carbonyl (C=O) groups excluding carboxylic acids is 1. The molecule has 128 valence electrons. The lowest BCUT2D eigenvalue weighted by Gasteiger charge is -2.16. The highest BCUT2D eigenvalue weighted by Gasteiger charge is 2.11. The average Bonchev–Trinajstić information content (AvgIpc) is 2.60. The zero-order chi connectivity index (χ0) is 17.5. The van der Waals surface area contributed by atoms with Gasteiger partial charge in [0.15, 0.2) is 6.61 Å². The third-order valence-electron chi connectivity index (χ3n) is 3.89. The van der Waals surface area contributed by atoms with E-state index >= 15 is 0 Å². The Morgan fingerprint density at radius 3 is 2.25 bits per heavy atom. The van der Waals surface area contributed by atoms with E-state index in [1.165, 1.54) is 5.56 Å². The maximum Gasteiger partial charge on any atom is 0.258 e. The van der Waals surface area contributed by atoms with Crippen molar-refractivity contribution < 1.29 is 14.3 Å². The summed E-state index contributed by atoms with van der Waals surface area (Å²) in [5.41, 5.74) is 2.37. The second-order valence-electron chi connectivity index (χ2n) is 6.08. The van der Waals surface area contributed by atoms with Gasteiger partial charge >= 0.3 is 0 Å². The first-order valence-electron chi connectivity index (χ1n) is 8.15. The van der Waals surface area contributed by atoms with E-state index in [2.05, 4.69) is 43.4 Å². The van der Waals surface area contributed by atoms with Crippen LogP contribution in [-0.2, 0) is 4.79 Å². The molecule has 0 aliphatic rings. The standard InChI is InChI=1S/C20H25NO3/c1-14(2)16-8-10-17(11-9-16)15(3)21-20(22)13-24-19-7-5-6-18(12-19)23-4/h5-12,14-15H,13H2,1-4H3,(H,21,22). The van der Waals surface area contributed by atoms with Gasteiger partial charge in [0.25, 0.3) is 5.91 Å². The summed E-state index contributed by atoms with van der Waals surface area (Å²) < 4.78 is 10.6. The minimum absolute atomic E-state index is 0.0262. The minimum Gasteiger partial charge on any atom is -0.497 e. The number of carbonyl (C=O) groups is 1. The van der Waals surface area contributed by atoms with Crippen LogP contribution < -0.4 is 14.8 Å². The molecule has 1 amide bonds. The zero-order valence-corrected chi connectivity index (χ0v) is 14.7. The topological polar surface area (TPSA) is 47.6 Å². The lowest BCUT2D eigenvalue weighted by Crippen LogP contribution is -2.31.